The molecule has 2 aliphatic rings. The predicted octanol–water partition coefficient (Wildman–Crippen LogP) is -0.212. The number of H-pyrrole nitrogens is 1. The fourth-order valence-electron chi connectivity index (χ4n) is 3.35. The number of carbonyl (C=O) groups excluding carboxylic acids is 2. The molecule has 1 spiro atoms. The summed E-state index contributed by atoms with van der Waals surface area (Å²) in [4.78, 5) is 30.7. The van der Waals surface area contributed by atoms with Crippen LogP contribution in [0.3, 0.4) is 0 Å². The lowest BCUT2D eigenvalue weighted by Gasteiger charge is -2.50. The van der Waals surface area contributed by atoms with Gasteiger partial charge in [0.25, 0.3) is 5.91 Å². The van der Waals surface area contributed by atoms with Crippen molar-refractivity contribution in [3.63, 3.8) is 0 Å². The largest absolute Gasteiger partial charge is 0.343 e. The number of hydrogen-bond acceptors (Lipinski definition) is 4. The maximum atomic E-state index is 12.6. The van der Waals surface area contributed by atoms with Crippen LogP contribution in [0.1, 0.15) is 23.3 Å². The molecule has 2 aliphatic heterocycles. The van der Waals surface area contributed by atoms with Crippen LogP contribution in [-0.4, -0.2) is 82.5 Å². The molecule has 0 atom stereocenters. The van der Waals surface area contributed by atoms with Gasteiger partial charge < -0.3 is 9.80 Å². The summed E-state index contributed by atoms with van der Waals surface area (Å²) >= 11 is 0. The fourth-order valence-corrected chi connectivity index (χ4v) is 3.35. The summed E-state index contributed by atoms with van der Waals surface area (Å²) in [6.45, 7) is 2.86. The van der Waals surface area contributed by atoms with Crippen LogP contribution in [0.4, 0.5) is 0 Å². The van der Waals surface area contributed by atoms with Crippen molar-refractivity contribution in [2.24, 2.45) is 0 Å². The highest BCUT2D eigenvalue weighted by Crippen LogP contribution is 2.32. The predicted molar refractivity (Wildman–Crippen MR) is 76.7 cm³/mol. The van der Waals surface area contributed by atoms with Gasteiger partial charge >= 0.3 is 0 Å². The third kappa shape index (κ3) is 2.21. The maximum absolute atomic E-state index is 12.6. The van der Waals surface area contributed by atoms with Crippen molar-refractivity contribution in [1.82, 2.24) is 24.9 Å². The number of aromatic amines is 1. The van der Waals surface area contributed by atoms with Gasteiger partial charge in [-0.2, -0.15) is 5.10 Å². The highest BCUT2D eigenvalue weighted by molar-refractivity contribution is 5.93. The lowest BCUT2D eigenvalue weighted by atomic mass is 9.83. The molecular weight excluding hydrogens is 270 g/mol. The second-order valence-electron chi connectivity index (χ2n) is 5.94. The zero-order valence-electron chi connectivity index (χ0n) is 12.5. The third-order valence-corrected chi connectivity index (χ3v) is 4.86. The molecule has 1 N–H and O–H groups in total. The maximum Gasteiger partial charge on any atom is 0.271 e. The number of piperazine rings is 1. The summed E-state index contributed by atoms with van der Waals surface area (Å²) in [6, 6.07) is 1.68. The van der Waals surface area contributed by atoms with Gasteiger partial charge in [0.2, 0.25) is 5.91 Å². The number of aromatic nitrogens is 2. The van der Waals surface area contributed by atoms with E-state index < -0.39 is 5.54 Å². The topological polar surface area (TPSA) is 72.5 Å². The second kappa shape index (κ2) is 5.14. The van der Waals surface area contributed by atoms with E-state index in [4.69, 9.17) is 0 Å². The van der Waals surface area contributed by atoms with E-state index in [1.165, 1.54) is 0 Å². The molecule has 0 saturated carbocycles. The van der Waals surface area contributed by atoms with Crippen LogP contribution in [0.25, 0.3) is 0 Å². The van der Waals surface area contributed by atoms with Crippen LogP contribution in [0.2, 0.25) is 0 Å². The number of piperidine rings is 1. The summed E-state index contributed by atoms with van der Waals surface area (Å²) in [5.41, 5.74) is 0.0731. The molecule has 3 rings (SSSR count). The van der Waals surface area contributed by atoms with E-state index in [1.54, 1.807) is 17.2 Å². The van der Waals surface area contributed by atoms with Gasteiger partial charge in [0, 0.05) is 39.4 Å². The Morgan fingerprint density at radius 3 is 2.57 bits per heavy atom. The fraction of sp³-hybridized carbons (Fsp3) is 0.643. The molecule has 0 aliphatic carbocycles. The van der Waals surface area contributed by atoms with Gasteiger partial charge in [0.05, 0.1) is 0 Å². The van der Waals surface area contributed by atoms with Gasteiger partial charge in [-0.3, -0.25) is 19.6 Å². The number of rotatable bonds is 1. The van der Waals surface area contributed by atoms with Crippen molar-refractivity contribution in [3.8, 4) is 0 Å². The Hall–Kier alpha value is -1.89. The Kier molecular flexibility index (Phi) is 3.44. The molecule has 7 nitrogen and oxygen atoms in total. The molecule has 114 valence electrons. The van der Waals surface area contributed by atoms with E-state index in [9.17, 15) is 9.59 Å². The van der Waals surface area contributed by atoms with Crippen LogP contribution in [-0.2, 0) is 4.79 Å². The second-order valence-corrected chi connectivity index (χ2v) is 5.94. The smallest absolute Gasteiger partial charge is 0.271 e. The van der Waals surface area contributed by atoms with Crippen molar-refractivity contribution < 1.29 is 9.59 Å². The number of likely N-dealkylation sites (tertiary alicyclic amines) is 1. The molecule has 0 aromatic carbocycles. The molecule has 21 heavy (non-hydrogen) atoms. The van der Waals surface area contributed by atoms with Gasteiger partial charge in [0.15, 0.2) is 0 Å². The lowest BCUT2D eigenvalue weighted by molar-refractivity contribution is -0.151. The Balaban J connectivity index is 1.72. The van der Waals surface area contributed by atoms with Gasteiger partial charge in [0.1, 0.15) is 11.2 Å². The molecule has 3 heterocycles. The van der Waals surface area contributed by atoms with Gasteiger partial charge in [-0.1, -0.05) is 0 Å². The lowest BCUT2D eigenvalue weighted by Crippen LogP contribution is -2.67. The summed E-state index contributed by atoms with van der Waals surface area (Å²) in [7, 11) is 3.87. The zero-order valence-corrected chi connectivity index (χ0v) is 12.5. The number of hydrogen-bond donors (Lipinski definition) is 1. The minimum absolute atomic E-state index is 0.0402. The molecule has 0 radical (unpaired) electrons. The summed E-state index contributed by atoms with van der Waals surface area (Å²) in [5.74, 6) is 0.145. The van der Waals surface area contributed by atoms with Gasteiger partial charge in [-0.05, 0) is 26.0 Å². The van der Waals surface area contributed by atoms with Gasteiger partial charge in [-0.15, -0.1) is 0 Å². The minimum Gasteiger partial charge on any atom is -0.343 e. The highest BCUT2D eigenvalue weighted by atomic mass is 16.2. The third-order valence-electron chi connectivity index (χ3n) is 4.86. The molecule has 2 fully saturated rings. The summed E-state index contributed by atoms with van der Waals surface area (Å²) < 4.78 is 0. The number of nitrogens with one attached hydrogen (secondary N) is 1. The Labute approximate surface area is 123 Å². The molecule has 1 aromatic heterocycles. The Morgan fingerprint density at radius 1 is 1.24 bits per heavy atom. The average Bonchev–Trinajstić information content (AvgIpc) is 3.04. The molecule has 2 amide bonds. The first kappa shape index (κ1) is 14.1. The monoisotopic (exact) mass is 291 g/mol. The molecule has 7 heteroatoms. The quantitative estimate of drug-likeness (QED) is 0.777. The van der Waals surface area contributed by atoms with Crippen molar-refractivity contribution >= 4 is 11.8 Å². The van der Waals surface area contributed by atoms with Crippen LogP contribution < -0.4 is 0 Å². The number of likely N-dealkylation sites (N-methyl/N-ethyl adjacent to an activating group) is 2. The van der Waals surface area contributed by atoms with E-state index in [2.05, 4.69) is 15.1 Å². The SMILES string of the molecule is CN1CCN(C)C2(CCN(C(=O)c3ccn[nH]3)CC2)C1=O. The molecule has 0 bridgehead atoms. The zero-order chi connectivity index (χ0) is 15.0. The Morgan fingerprint density at radius 2 is 1.95 bits per heavy atom. The number of amides is 2. The van der Waals surface area contributed by atoms with Crippen molar-refractivity contribution in [1.29, 1.82) is 0 Å². The van der Waals surface area contributed by atoms with Crippen LogP contribution in [0.5, 0.6) is 0 Å². The molecule has 0 unspecified atom stereocenters. The first-order valence-electron chi connectivity index (χ1n) is 7.30. The van der Waals surface area contributed by atoms with Crippen LogP contribution >= 0.6 is 0 Å². The summed E-state index contributed by atoms with van der Waals surface area (Å²) in [6.07, 6.45) is 2.95. The average molecular weight is 291 g/mol. The minimum atomic E-state index is -0.433. The van der Waals surface area contributed by atoms with Crippen LogP contribution in [0, 0.1) is 0 Å². The van der Waals surface area contributed by atoms with Crippen molar-refractivity contribution in [3.05, 3.63) is 18.0 Å². The van der Waals surface area contributed by atoms with Crippen LogP contribution in [0.15, 0.2) is 12.3 Å². The molecule has 1 aromatic rings. The van der Waals surface area contributed by atoms with E-state index >= 15 is 0 Å². The molecule has 2 saturated heterocycles. The van der Waals surface area contributed by atoms with E-state index in [0.29, 0.717) is 31.6 Å². The van der Waals surface area contributed by atoms with E-state index in [0.717, 1.165) is 13.1 Å². The van der Waals surface area contributed by atoms with E-state index in [-0.39, 0.29) is 11.8 Å². The number of carbonyl (C=O) groups is 2. The number of nitrogens with zero attached hydrogens (tertiary/aromatic N) is 4. The molecular formula is C14H21N5O2. The van der Waals surface area contributed by atoms with E-state index in [1.807, 2.05) is 19.0 Å². The first-order valence-corrected chi connectivity index (χ1v) is 7.30. The Bertz CT molecular complexity index is 534. The van der Waals surface area contributed by atoms with Crippen molar-refractivity contribution in [2.75, 3.05) is 40.3 Å². The first-order chi connectivity index (χ1) is 10.0. The standard InChI is InChI=1S/C14H21N5O2/c1-17-9-10-18(2)14(13(17)21)4-7-19(8-5-14)12(20)11-3-6-15-16-11/h3,6H,4-5,7-10H2,1-2H3,(H,15,16). The highest BCUT2D eigenvalue weighted by Gasteiger charge is 2.48. The van der Waals surface area contributed by atoms with Gasteiger partial charge in [-0.25, -0.2) is 0 Å². The summed E-state index contributed by atoms with van der Waals surface area (Å²) in [5, 5.41) is 6.52. The van der Waals surface area contributed by atoms with Crippen molar-refractivity contribution in [2.45, 2.75) is 18.4 Å². The normalized spacial score (nSPS) is 22.9.